The van der Waals surface area contributed by atoms with Crippen LogP contribution in [0.4, 0.5) is 0 Å². The fourth-order valence-corrected chi connectivity index (χ4v) is 6.96. The molecule has 114 valence electrons. The highest BCUT2D eigenvalue weighted by atomic mass is 15.2. The first kappa shape index (κ1) is 14.6. The van der Waals surface area contributed by atoms with Gasteiger partial charge >= 0.3 is 0 Å². The Bertz CT molecular complexity index is 371. The molecule has 0 aromatic carbocycles. The van der Waals surface area contributed by atoms with E-state index in [-0.39, 0.29) is 0 Å². The summed E-state index contributed by atoms with van der Waals surface area (Å²) in [4.78, 5) is 0. The van der Waals surface area contributed by atoms with Crippen molar-refractivity contribution in [3.8, 4) is 0 Å². The molecule has 4 bridgehead atoms. The molecule has 0 aromatic rings. The third-order valence-corrected chi connectivity index (χ3v) is 6.51. The van der Waals surface area contributed by atoms with Gasteiger partial charge in [0, 0.05) is 6.04 Å². The number of hydrazine groups is 1. The first-order chi connectivity index (χ1) is 9.43. The average molecular weight is 276 g/mol. The number of nitrogens with one attached hydrogen (secondary N) is 1. The highest BCUT2D eigenvalue weighted by Crippen LogP contribution is 2.70. The molecule has 3 unspecified atom stereocenters. The van der Waals surface area contributed by atoms with E-state index in [0.29, 0.717) is 22.3 Å². The van der Waals surface area contributed by atoms with Gasteiger partial charge in [-0.3, -0.25) is 11.3 Å². The van der Waals surface area contributed by atoms with Crippen LogP contribution in [0.25, 0.3) is 0 Å². The zero-order valence-corrected chi connectivity index (χ0v) is 13.4. The fourth-order valence-electron chi connectivity index (χ4n) is 6.96. The zero-order valence-electron chi connectivity index (χ0n) is 13.4. The summed E-state index contributed by atoms with van der Waals surface area (Å²) in [5, 5.41) is 0. The van der Waals surface area contributed by atoms with E-state index in [0.717, 1.165) is 12.3 Å². The molecule has 0 spiro atoms. The van der Waals surface area contributed by atoms with E-state index >= 15 is 0 Å². The van der Waals surface area contributed by atoms with Gasteiger partial charge in [-0.15, -0.1) is 6.58 Å². The van der Waals surface area contributed by atoms with Gasteiger partial charge in [0.2, 0.25) is 0 Å². The molecule has 4 saturated carbocycles. The van der Waals surface area contributed by atoms with E-state index in [4.69, 9.17) is 5.84 Å². The van der Waals surface area contributed by atoms with Gasteiger partial charge in [-0.1, -0.05) is 19.9 Å². The summed E-state index contributed by atoms with van der Waals surface area (Å²) in [5.74, 6) is 6.94. The van der Waals surface area contributed by atoms with Gasteiger partial charge in [-0.25, -0.2) is 0 Å². The van der Waals surface area contributed by atoms with Gasteiger partial charge < -0.3 is 0 Å². The maximum Gasteiger partial charge on any atom is 0.0267 e. The molecule has 0 amide bonds. The summed E-state index contributed by atoms with van der Waals surface area (Å²) < 4.78 is 0. The third kappa shape index (κ3) is 2.35. The van der Waals surface area contributed by atoms with Gasteiger partial charge in [0.25, 0.3) is 0 Å². The molecule has 0 aromatic heterocycles. The van der Waals surface area contributed by atoms with Crippen molar-refractivity contribution in [2.75, 3.05) is 0 Å². The molecule has 3 N–H and O–H groups in total. The number of nitrogens with two attached hydrogens (primary N) is 1. The van der Waals surface area contributed by atoms with Crippen molar-refractivity contribution in [2.24, 2.45) is 28.0 Å². The van der Waals surface area contributed by atoms with Gasteiger partial charge in [-0.2, -0.15) is 0 Å². The summed E-state index contributed by atoms with van der Waals surface area (Å²) in [5.41, 5.74) is 4.86. The second-order valence-corrected chi connectivity index (χ2v) is 8.93. The molecule has 4 fully saturated rings. The summed E-state index contributed by atoms with van der Waals surface area (Å²) in [6.45, 7) is 8.93. The molecule has 4 aliphatic rings. The Kier molecular flexibility index (Phi) is 3.53. The van der Waals surface area contributed by atoms with E-state index in [1.807, 2.05) is 6.08 Å². The van der Waals surface area contributed by atoms with Gasteiger partial charge in [0.1, 0.15) is 0 Å². The minimum absolute atomic E-state index is 0.471. The lowest BCUT2D eigenvalue weighted by atomic mass is 9.39. The second-order valence-electron chi connectivity index (χ2n) is 8.93. The molecule has 0 radical (unpaired) electrons. The minimum atomic E-state index is 0.471. The second kappa shape index (κ2) is 4.84. The highest BCUT2D eigenvalue weighted by molar-refractivity contribution is 5.13. The van der Waals surface area contributed by atoms with Crippen LogP contribution in [-0.4, -0.2) is 6.04 Å². The summed E-state index contributed by atoms with van der Waals surface area (Å²) in [6.07, 6.45) is 14.2. The van der Waals surface area contributed by atoms with Crippen LogP contribution < -0.4 is 11.3 Å². The van der Waals surface area contributed by atoms with E-state index in [1.54, 1.807) is 0 Å². The Balaban J connectivity index is 1.81. The van der Waals surface area contributed by atoms with Crippen molar-refractivity contribution in [1.29, 1.82) is 0 Å². The number of unbranched alkanes of at least 4 members (excludes halogenated alkanes) is 1. The highest BCUT2D eigenvalue weighted by Gasteiger charge is 2.61. The Morgan fingerprint density at radius 1 is 1.20 bits per heavy atom. The largest absolute Gasteiger partial charge is 0.271 e. The predicted molar refractivity (Wildman–Crippen MR) is 85.0 cm³/mol. The first-order valence-electron chi connectivity index (χ1n) is 8.50. The maximum absolute atomic E-state index is 5.99. The first-order valence-corrected chi connectivity index (χ1v) is 8.50. The molecule has 2 heteroatoms. The zero-order chi connectivity index (χ0) is 14.4. The van der Waals surface area contributed by atoms with Crippen LogP contribution in [0.1, 0.15) is 71.6 Å². The third-order valence-electron chi connectivity index (χ3n) is 6.51. The Labute approximate surface area is 124 Å². The fraction of sp³-hybridized carbons (Fsp3) is 0.889. The number of rotatable bonds is 6. The van der Waals surface area contributed by atoms with Crippen molar-refractivity contribution < 1.29 is 0 Å². The molecular weight excluding hydrogens is 244 g/mol. The van der Waals surface area contributed by atoms with Crippen molar-refractivity contribution in [3.63, 3.8) is 0 Å². The quantitative estimate of drug-likeness (QED) is 0.331. The van der Waals surface area contributed by atoms with Gasteiger partial charge in [0.05, 0.1) is 0 Å². The van der Waals surface area contributed by atoms with Crippen LogP contribution in [0.2, 0.25) is 0 Å². The molecule has 0 aliphatic heterocycles. The maximum atomic E-state index is 5.99. The van der Waals surface area contributed by atoms with Crippen LogP contribution in [0, 0.1) is 22.2 Å². The molecule has 4 rings (SSSR count). The van der Waals surface area contributed by atoms with Crippen molar-refractivity contribution in [1.82, 2.24) is 5.43 Å². The number of hydrogen-bond donors (Lipinski definition) is 2. The van der Waals surface area contributed by atoms with E-state index in [1.165, 1.54) is 51.4 Å². The molecule has 0 saturated heterocycles. The normalized spacial score (nSPS) is 47.5. The Morgan fingerprint density at radius 3 is 2.35 bits per heavy atom. The summed E-state index contributed by atoms with van der Waals surface area (Å²) >= 11 is 0. The van der Waals surface area contributed by atoms with Crippen molar-refractivity contribution in [3.05, 3.63) is 12.7 Å². The monoisotopic (exact) mass is 276 g/mol. The number of hydrogen-bond acceptors (Lipinski definition) is 2. The molecular formula is C18H32N2. The summed E-state index contributed by atoms with van der Waals surface area (Å²) in [7, 11) is 0. The Hall–Kier alpha value is -0.340. The van der Waals surface area contributed by atoms with Crippen LogP contribution >= 0.6 is 0 Å². The predicted octanol–water partition coefficient (Wildman–Crippen LogP) is 4.17. The van der Waals surface area contributed by atoms with Crippen LogP contribution in [0.3, 0.4) is 0 Å². The van der Waals surface area contributed by atoms with E-state index < -0.39 is 0 Å². The van der Waals surface area contributed by atoms with Gasteiger partial charge in [0.15, 0.2) is 0 Å². The number of allylic oxidation sites excluding steroid dienone is 1. The minimum Gasteiger partial charge on any atom is -0.271 e. The van der Waals surface area contributed by atoms with E-state index in [9.17, 15) is 0 Å². The topological polar surface area (TPSA) is 38.0 Å². The average Bonchev–Trinajstić information content (AvgIpc) is 2.29. The summed E-state index contributed by atoms with van der Waals surface area (Å²) in [6, 6.07) is 0.504. The smallest absolute Gasteiger partial charge is 0.0267 e. The van der Waals surface area contributed by atoms with Crippen LogP contribution in [-0.2, 0) is 0 Å². The molecule has 20 heavy (non-hydrogen) atoms. The lowest BCUT2D eigenvalue weighted by Gasteiger charge is -2.67. The molecule has 2 nitrogen and oxygen atoms in total. The molecule has 4 aliphatic carbocycles. The van der Waals surface area contributed by atoms with Crippen LogP contribution in [0.5, 0.6) is 0 Å². The standard InChI is InChI=1S/C18H32N2/c1-4-5-6-7-15(20-19)18-10-14-8-16(2,12-18)11-17(3,9-14)13-18/h4,14-15,20H,1,5-13,19H2,2-3H3. The lowest BCUT2D eigenvalue weighted by molar-refractivity contribution is -0.158. The molecule has 0 heterocycles. The van der Waals surface area contributed by atoms with Crippen LogP contribution in [0.15, 0.2) is 12.7 Å². The van der Waals surface area contributed by atoms with Gasteiger partial charge in [-0.05, 0) is 80.0 Å². The van der Waals surface area contributed by atoms with Crippen molar-refractivity contribution in [2.45, 2.75) is 77.7 Å². The Morgan fingerprint density at radius 2 is 1.85 bits per heavy atom. The molecule has 3 atom stereocenters. The SMILES string of the molecule is C=CCCCC(NN)C12CC3CC(C)(CC(C)(C3)C1)C2. The van der Waals surface area contributed by atoms with Crippen molar-refractivity contribution >= 4 is 0 Å². The lowest BCUT2D eigenvalue weighted by Crippen LogP contribution is -2.62. The van der Waals surface area contributed by atoms with E-state index in [2.05, 4.69) is 25.9 Å².